The van der Waals surface area contributed by atoms with Crippen LogP contribution in [-0.4, -0.2) is 28.5 Å². The summed E-state index contributed by atoms with van der Waals surface area (Å²) in [5, 5.41) is 11.1. The summed E-state index contributed by atoms with van der Waals surface area (Å²) in [7, 11) is 0. The number of hydrogen-bond acceptors (Lipinski definition) is 3. The van der Waals surface area contributed by atoms with Crippen molar-refractivity contribution in [1.29, 1.82) is 0 Å². The fraction of sp³-hybridized carbons (Fsp3) is 0.278. The molecule has 26 heavy (non-hydrogen) atoms. The highest BCUT2D eigenvalue weighted by atomic mass is 19.4. The van der Waals surface area contributed by atoms with Crippen molar-refractivity contribution in [2.75, 3.05) is 6.54 Å². The molecule has 0 bridgehead atoms. The highest BCUT2D eigenvalue weighted by Crippen LogP contribution is 2.23. The molecular weight excluding hydrogens is 349 g/mol. The maximum Gasteiger partial charge on any atom is 0.406 e. The number of aryl methyl sites for hydroxylation is 1. The third-order valence-corrected chi connectivity index (χ3v) is 3.75. The summed E-state index contributed by atoms with van der Waals surface area (Å²) in [6.45, 7) is -0.0960. The number of carbonyl (C=O) groups is 1. The van der Waals surface area contributed by atoms with Crippen LogP contribution in [0.5, 0.6) is 0 Å². The fourth-order valence-corrected chi connectivity index (χ4v) is 2.47. The third kappa shape index (κ3) is 5.58. The number of amides is 1. The van der Waals surface area contributed by atoms with E-state index >= 15 is 0 Å². The lowest BCUT2D eigenvalue weighted by atomic mass is 10.1. The number of nitro benzene ring substituents is 1. The van der Waals surface area contributed by atoms with Gasteiger partial charge in [0, 0.05) is 11.6 Å². The Bertz CT molecular complexity index is 789. The van der Waals surface area contributed by atoms with Crippen LogP contribution in [0.15, 0.2) is 48.5 Å². The van der Waals surface area contributed by atoms with Crippen LogP contribution >= 0.6 is 0 Å². The van der Waals surface area contributed by atoms with Gasteiger partial charge in [0.1, 0.15) is 6.54 Å². The second-order valence-electron chi connectivity index (χ2n) is 5.91. The van der Waals surface area contributed by atoms with Gasteiger partial charge in [0.2, 0.25) is 5.91 Å². The molecule has 0 spiro atoms. The average Bonchev–Trinajstić information content (AvgIpc) is 2.55. The van der Waals surface area contributed by atoms with Crippen molar-refractivity contribution in [3.63, 3.8) is 0 Å². The van der Waals surface area contributed by atoms with Gasteiger partial charge in [0.15, 0.2) is 0 Å². The first-order valence-corrected chi connectivity index (χ1v) is 7.78. The molecule has 0 N–H and O–H groups in total. The second kappa shape index (κ2) is 7.99. The Kier molecular flexibility index (Phi) is 5.97. The Balaban J connectivity index is 2.24. The van der Waals surface area contributed by atoms with Crippen molar-refractivity contribution in [3.8, 4) is 0 Å². The van der Waals surface area contributed by atoms with E-state index in [4.69, 9.17) is 0 Å². The van der Waals surface area contributed by atoms with Crippen LogP contribution < -0.4 is 0 Å². The molecule has 138 valence electrons. The lowest BCUT2D eigenvalue weighted by Gasteiger charge is -2.24. The zero-order valence-electron chi connectivity index (χ0n) is 14.0. The van der Waals surface area contributed by atoms with Gasteiger partial charge in [0.25, 0.3) is 5.69 Å². The molecule has 0 unspecified atom stereocenters. The van der Waals surface area contributed by atoms with E-state index in [2.05, 4.69) is 0 Å². The highest BCUT2D eigenvalue weighted by Gasteiger charge is 2.33. The molecule has 0 aliphatic rings. The summed E-state index contributed by atoms with van der Waals surface area (Å²) in [6, 6.07) is 12.3. The monoisotopic (exact) mass is 366 g/mol. The fourth-order valence-electron chi connectivity index (χ4n) is 2.47. The summed E-state index contributed by atoms with van der Waals surface area (Å²) in [5.74, 6) is -0.746. The van der Waals surface area contributed by atoms with Crippen molar-refractivity contribution in [2.45, 2.75) is 26.1 Å². The molecule has 0 saturated heterocycles. The zero-order chi connectivity index (χ0) is 19.3. The molecule has 8 heteroatoms. The van der Waals surface area contributed by atoms with Crippen molar-refractivity contribution in [1.82, 2.24) is 4.90 Å². The van der Waals surface area contributed by atoms with Gasteiger partial charge in [-0.05, 0) is 12.5 Å². The van der Waals surface area contributed by atoms with E-state index in [1.165, 1.54) is 24.3 Å². The number of nitrogens with zero attached hydrogens (tertiary/aromatic N) is 2. The van der Waals surface area contributed by atoms with Gasteiger partial charge in [-0.15, -0.1) is 0 Å². The Morgan fingerprint density at radius 2 is 1.73 bits per heavy atom. The molecule has 0 saturated carbocycles. The minimum atomic E-state index is -4.60. The minimum Gasteiger partial charge on any atom is -0.329 e. The summed E-state index contributed by atoms with van der Waals surface area (Å²) >= 11 is 0. The molecule has 0 atom stereocenters. The lowest BCUT2D eigenvalue weighted by molar-refractivity contribution is -0.385. The lowest BCUT2D eigenvalue weighted by Crippen LogP contribution is -2.39. The van der Waals surface area contributed by atoms with Crippen molar-refractivity contribution in [3.05, 3.63) is 75.3 Å². The normalized spacial score (nSPS) is 11.2. The molecule has 2 aromatic rings. The van der Waals surface area contributed by atoms with E-state index in [0.717, 1.165) is 5.56 Å². The number of carbonyl (C=O) groups excluding carboxylic acids is 1. The molecule has 0 aliphatic heterocycles. The summed E-state index contributed by atoms with van der Waals surface area (Å²) in [6.07, 6.45) is -4.82. The third-order valence-electron chi connectivity index (χ3n) is 3.75. The van der Waals surface area contributed by atoms with Crippen LogP contribution in [0.4, 0.5) is 18.9 Å². The maximum atomic E-state index is 12.9. The van der Waals surface area contributed by atoms with Gasteiger partial charge in [-0.25, -0.2) is 0 Å². The van der Waals surface area contributed by atoms with E-state index in [-0.39, 0.29) is 17.7 Å². The zero-order valence-corrected chi connectivity index (χ0v) is 14.0. The van der Waals surface area contributed by atoms with Gasteiger partial charge in [0.05, 0.1) is 17.9 Å². The van der Waals surface area contributed by atoms with Gasteiger partial charge >= 0.3 is 6.18 Å². The molecule has 0 aliphatic carbocycles. The van der Waals surface area contributed by atoms with E-state index in [1.54, 1.807) is 24.3 Å². The number of hydrogen-bond donors (Lipinski definition) is 0. The largest absolute Gasteiger partial charge is 0.406 e. The average molecular weight is 366 g/mol. The summed E-state index contributed by atoms with van der Waals surface area (Å²) in [5.41, 5.74) is 1.28. The first-order chi connectivity index (χ1) is 12.2. The molecule has 2 rings (SSSR count). The number of rotatable bonds is 6. The Labute approximate surface area is 148 Å². The van der Waals surface area contributed by atoms with Crippen LogP contribution in [0, 0.1) is 17.0 Å². The molecule has 1 amide bonds. The van der Waals surface area contributed by atoms with E-state index in [0.29, 0.717) is 10.5 Å². The van der Waals surface area contributed by atoms with Crippen LogP contribution in [0.2, 0.25) is 0 Å². The highest BCUT2D eigenvalue weighted by molar-refractivity contribution is 5.79. The molecule has 2 aromatic carbocycles. The van der Waals surface area contributed by atoms with E-state index < -0.39 is 30.1 Å². The smallest absolute Gasteiger partial charge is 0.329 e. The first kappa shape index (κ1) is 19.4. The van der Waals surface area contributed by atoms with Crippen LogP contribution in [0.3, 0.4) is 0 Å². The Morgan fingerprint density at radius 1 is 1.12 bits per heavy atom. The van der Waals surface area contributed by atoms with Crippen molar-refractivity contribution >= 4 is 11.6 Å². The Hall–Kier alpha value is -2.90. The van der Waals surface area contributed by atoms with E-state index in [1.807, 2.05) is 6.92 Å². The Morgan fingerprint density at radius 3 is 2.31 bits per heavy atom. The first-order valence-electron chi connectivity index (χ1n) is 7.78. The van der Waals surface area contributed by atoms with Gasteiger partial charge < -0.3 is 4.90 Å². The van der Waals surface area contributed by atoms with Crippen LogP contribution in [0.25, 0.3) is 0 Å². The minimum absolute atomic E-state index is 0.0546. The predicted octanol–water partition coefficient (Wildman–Crippen LogP) is 4.04. The van der Waals surface area contributed by atoms with E-state index in [9.17, 15) is 28.1 Å². The van der Waals surface area contributed by atoms with Gasteiger partial charge in [-0.3, -0.25) is 14.9 Å². The van der Waals surface area contributed by atoms with Crippen LogP contribution in [-0.2, 0) is 17.8 Å². The standard InChI is InChI=1S/C18H17F3N2O3/c1-13-6-8-14(9-7-13)10-17(24)22(12-18(19,20)21)11-15-4-2-3-5-16(15)23(25)26/h2-9H,10-12H2,1H3. The van der Waals surface area contributed by atoms with Crippen LogP contribution in [0.1, 0.15) is 16.7 Å². The predicted molar refractivity (Wildman–Crippen MR) is 89.5 cm³/mol. The summed E-state index contributed by atoms with van der Waals surface area (Å²) < 4.78 is 38.7. The van der Waals surface area contributed by atoms with Crippen molar-refractivity contribution < 1.29 is 22.9 Å². The van der Waals surface area contributed by atoms with Gasteiger partial charge in [-0.1, -0.05) is 48.0 Å². The summed E-state index contributed by atoms with van der Waals surface area (Å²) in [4.78, 5) is 23.4. The SMILES string of the molecule is Cc1ccc(CC(=O)N(Cc2ccccc2[N+](=O)[O-])CC(F)(F)F)cc1. The van der Waals surface area contributed by atoms with Crippen molar-refractivity contribution in [2.24, 2.45) is 0 Å². The molecule has 0 heterocycles. The topological polar surface area (TPSA) is 63.5 Å². The number of alkyl halides is 3. The van der Waals surface area contributed by atoms with Gasteiger partial charge in [-0.2, -0.15) is 13.2 Å². The molecule has 0 fully saturated rings. The maximum absolute atomic E-state index is 12.9. The number of halogens is 3. The number of nitro groups is 1. The number of para-hydroxylation sites is 1. The second-order valence-corrected chi connectivity index (χ2v) is 5.91. The molecular formula is C18H17F3N2O3. The molecule has 0 aromatic heterocycles. The quantitative estimate of drug-likeness (QED) is 0.573. The number of benzene rings is 2. The molecule has 0 radical (unpaired) electrons. The molecule has 5 nitrogen and oxygen atoms in total.